The smallest absolute Gasteiger partial charge is 0.306 e. The summed E-state index contributed by atoms with van der Waals surface area (Å²) in [6, 6.07) is 11.2. The molecule has 0 saturated carbocycles. The Kier molecular flexibility index (Phi) is 4.61. The molecule has 1 aromatic heterocycles. The summed E-state index contributed by atoms with van der Waals surface area (Å²) in [6.45, 7) is 3.20. The van der Waals surface area contributed by atoms with Gasteiger partial charge in [0.2, 0.25) is 0 Å². The number of fused-ring (bicyclic) bond motifs is 3. The molecular formula is C19H19NO5. The number of methoxy groups -OCH3 is 1. The van der Waals surface area contributed by atoms with E-state index in [0.29, 0.717) is 17.0 Å². The third-order valence-electron chi connectivity index (χ3n) is 3.92. The molecule has 0 aliphatic rings. The van der Waals surface area contributed by atoms with Crippen molar-refractivity contribution in [3.63, 3.8) is 0 Å². The van der Waals surface area contributed by atoms with Gasteiger partial charge in [-0.25, -0.2) is 0 Å². The molecule has 0 spiro atoms. The molecule has 0 aliphatic carbocycles. The molecule has 1 heterocycles. The van der Waals surface area contributed by atoms with E-state index in [0.717, 1.165) is 16.4 Å². The SMILES string of the molecule is CCC(=O)O[C@@H](C)C(=O)Nc1cc2oc3ccccc3c2cc1OC. The first-order chi connectivity index (χ1) is 12.0. The maximum Gasteiger partial charge on any atom is 0.306 e. The monoisotopic (exact) mass is 341 g/mol. The van der Waals surface area contributed by atoms with E-state index in [9.17, 15) is 9.59 Å². The average Bonchev–Trinajstić information content (AvgIpc) is 2.98. The Morgan fingerprint density at radius 1 is 1.16 bits per heavy atom. The number of ether oxygens (including phenoxy) is 2. The molecule has 1 atom stereocenters. The van der Waals surface area contributed by atoms with Gasteiger partial charge in [0, 0.05) is 23.3 Å². The Morgan fingerprint density at radius 3 is 2.64 bits per heavy atom. The first kappa shape index (κ1) is 16.8. The minimum atomic E-state index is -0.900. The summed E-state index contributed by atoms with van der Waals surface area (Å²) >= 11 is 0. The van der Waals surface area contributed by atoms with Crippen LogP contribution in [0, 0.1) is 0 Å². The highest BCUT2D eigenvalue weighted by molar-refractivity contribution is 6.08. The normalized spacial score (nSPS) is 12.1. The van der Waals surface area contributed by atoms with E-state index in [4.69, 9.17) is 13.9 Å². The number of para-hydroxylation sites is 1. The largest absolute Gasteiger partial charge is 0.495 e. The van der Waals surface area contributed by atoms with Crippen LogP contribution in [0.1, 0.15) is 20.3 Å². The lowest BCUT2D eigenvalue weighted by Crippen LogP contribution is -2.29. The van der Waals surface area contributed by atoms with E-state index in [1.807, 2.05) is 30.3 Å². The van der Waals surface area contributed by atoms with Gasteiger partial charge in [0.15, 0.2) is 6.10 Å². The molecule has 2 aromatic carbocycles. The van der Waals surface area contributed by atoms with E-state index >= 15 is 0 Å². The molecule has 130 valence electrons. The summed E-state index contributed by atoms with van der Waals surface area (Å²) in [5.74, 6) is -0.362. The van der Waals surface area contributed by atoms with Crippen LogP contribution in [0.4, 0.5) is 5.69 Å². The quantitative estimate of drug-likeness (QED) is 0.713. The molecule has 0 aliphatic heterocycles. The second-order valence-electron chi connectivity index (χ2n) is 5.62. The van der Waals surface area contributed by atoms with Gasteiger partial charge in [-0.05, 0) is 19.1 Å². The van der Waals surface area contributed by atoms with E-state index in [1.165, 1.54) is 14.0 Å². The van der Waals surface area contributed by atoms with Crippen LogP contribution in [-0.2, 0) is 14.3 Å². The van der Waals surface area contributed by atoms with Gasteiger partial charge in [-0.15, -0.1) is 0 Å². The molecule has 6 heteroatoms. The van der Waals surface area contributed by atoms with Crippen LogP contribution in [0.15, 0.2) is 40.8 Å². The van der Waals surface area contributed by atoms with Crippen LogP contribution in [0.25, 0.3) is 21.9 Å². The number of carbonyl (C=O) groups is 2. The van der Waals surface area contributed by atoms with Crippen LogP contribution in [0.5, 0.6) is 5.75 Å². The molecule has 1 amide bonds. The van der Waals surface area contributed by atoms with Gasteiger partial charge in [0.1, 0.15) is 16.9 Å². The number of benzene rings is 2. The Balaban J connectivity index is 1.94. The fraction of sp³-hybridized carbons (Fsp3) is 0.263. The van der Waals surface area contributed by atoms with Crippen molar-refractivity contribution in [3.8, 4) is 5.75 Å². The Hall–Kier alpha value is -3.02. The number of hydrogen-bond acceptors (Lipinski definition) is 5. The van der Waals surface area contributed by atoms with Gasteiger partial charge in [0.25, 0.3) is 5.91 Å². The second-order valence-corrected chi connectivity index (χ2v) is 5.62. The van der Waals surface area contributed by atoms with E-state index < -0.39 is 18.0 Å². The zero-order valence-corrected chi connectivity index (χ0v) is 14.3. The fourth-order valence-electron chi connectivity index (χ4n) is 2.59. The predicted octanol–water partition coefficient (Wildman–Crippen LogP) is 3.87. The Labute approximate surface area is 144 Å². The van der Waals surface area contributed by atoms with E-state index in [2.05, 4.69) is 5.32 Å². The molecule has 0 unspecified atom stereocenters. The maximum atomic E-state index is 12.3. The summed E-state index contributed by atoms with van der Waals surface area (Å²) in [6.07, 6.45) is -0.685. The number of furan rings is 1. The molecule has 0 radical (unpaired) electrons. The van der Waals surface area contributed by atoms with E-state index in [-0.39, 0.29) is 6.42 Å². The number of nitrogens with one attached hydrogen (secondary N) is 1. The summed E-state index contributed by atoms with van der Waals surface area (Å²) in [4.78, 5) is 23.6. The van der Waals surface area contributed by atoms with Gasteiger partial charge < -0.3 is 19.2 Å². The zero-order valence-electron chi connectivity index (χ0n) is 14.3. The summed E-state index contributed by atoms with van der Waals surface area (Å²) in [5.41, 5.74) is 1.85. The highest BCUT2D eigenvalue weighted by atomic mass is 16.5. The van der Waals surface area contributed by atoms with Crippen molar-refractivity contribution in [2.24, 2.45) is 0 Å². The van der Waals surface area contributed by atoms with Crippen molar-refractivity contribution in [1.82, 2.24) is 0 Å². The Bertz CT molecular complexity index is 944. The van der Waals surface area contributed by atoms with Crippen molar-refractivity contribution >= 4 is 39.5 Å². The Morgan fingerprint density at radius 2 is 1.92 bits per heavy atom. The van der Waals surface area contributed by atoms with Crippen LogP contribution in [0.2, 0.25) is 0 Å². The minimum absolute atomic E-state index is 0.214. The number of amides is 1. The second kappa shape index (κ2) is 6.84. The molecular weight excluding hydrogens is 322 g/mol. The summed E-state index contributed by atoms with van der Waals surface area (Å²) < 4.78 is 16.2. The van der Waals surface area contributed by atoms with Crippen molar-refractivity contribution in [3.05, 3.63) is 36.4 Å². The first-order valence-electron chi connectivity index (χ1n) is 8.03. The third-order valence-corrected chi connectivity index (χ3v) is 3.92. The molecule has 25 heavy (non-hydrogen) atoms. The lowest BCUT2D eigenvalue weighted by molar-refractivity contribution is -0.152. The number of rotatable bonds is 5. The van der Waals surface area contributed by atoms with Crippen molar-refractivity contribution in [2.75, 3.05) is 12.4 Å². The molecule has 0 fully saturated rings. The highest BCUT2D eigenvalue weighted by Gasteiger charge is 2.20. The van der Waals surface area contributed by atoms with Crippen LogP contribution >= 0.6 is 0 Å². The number of carbonyl (C=O) groups excluding carboxylic acids is 2. The van der Waals surface area contributed by atoms with Gasteiger partial charge in [-0.2, -0.15) is 0 Å². The van der Waals surface area contributed by atoms with Crippen molar-refractivity contribution in [2.45, 2.75) is 26.4 Å². The van der Waals surface area contributed by atoms with Gasteiger partial charge >= 0.3 is 5.97 Å². The highest BCUT2D eigenvalue weighted by Crippen LogP contribution is 2.36. The number of esters is 1. The van der Waals surface area contributed by atoms with Crippen molar-refractivity contribution in [1.29, 1.82) is 0 Å². The molecule has 6 nitrogen and oxygen atoms in total. The summed E-state index contributed by atoms with van der Waals surface area (Å²) in [5, 5.41) is 4.60. The minimum Gasteiger partial charge on any atom is -0.495 e. The van der Waals surface area contributed by atoms with Crippen LogP contribution < -0.4 is 10.1 Å². The topological polar surface area (TPSA) is 77.8 Å². The van der Waals surface area contributed by atoms with Crippen molar-refractivity contribution < 1.29 is 23.5 Å². The molecule has 3 rings (SSSR count). The lowest BCUT2D eigenvalue weighted by atomic mass is 10.1. The van der Waals surface area contributed by atoms with Crippen LogP contribution in [-0.4, -0.2) is 25.1 Å². The predicted molar refractivity (Wildman–Crippen MR) is 94.7 cm³/mol. The standard InChI is InChI=1S/C19H19NO5/c1-4-18(21)24-11(2)19(22)20-14-10-16-13(9-17(14)23-3)12-7-5-6-8-15(12)25-16/h5-11H,4H2,1-3H3,(H,20,22)/t11-/m0/s1. The molecule has 3 aromatic rings. The average molecular weight is 341 g/mol. The molecule has 1 N–H and O–H groups in total. The van der Waals surface area contributed by atoms with Crippen LogP contribution in [0.3, 0.4) is 0 Å². The number of hydrogen-bond donors (Lipinski definition) is 1. The molecule has 0 bridgehead atoms. The zero-order chi connectivity index (χ0) is 18.0. The fourth-order valence-corrected chi connectivity index (χ4v) is 2.59. The maximum absolute atomic E-state index is 12.3. The first-order valence-corrected chi connectivity index (χ1v) is 8.03. The third kappa shape index (κ3) is 3.28. The van der Waals surface area contributed by atoms with E-state index in [1.54, 1.807) is 13.0 Å². The summed E-state index contributed by atoms with van der Waals surface area (Å²) in [7, 11) is 1.53. The lowest BCUT2D eigenvalue weighted by Gasteiger charge is -2.15. The van der Waals surface area contributed by atoms with Gasteiger partial charge in [-0.1, -0.05) is 25.1 Å². The molecule has 0 saturated heterocycles. The number of anilines is 1. The van der Waals surface area contributed by atoms with Gasteiger partial charge in [-0.3, -0.25) is 9.59 Å². The van der Waals surface area contributed by atoms with Gasteiger partial charge in [0.05, 0.1) is 12.8 Å².